The lowest BCUT2D eigenvalue weighted by atomic mass is 9.94. The van der Waals surface area contributed by atoms with Crippen LogP contribution in [0.3, 0.4) is 0 Å². The Morgan fingerprint density at radius 1 is 1.05 bits per heavy atom. The topological polar surface area (TPSA) is 69.7 Å². The first kappa shape index (κ1) is 15.9. The lowest BCUT2D eigenvalue weighted by Crippen LogP contribution is -2.38. The van der Waals surface area contributed by atoms with Crippen LogP contribution in [0.1, 0.15) is 38.1 Å². The van der Waals surface area contributed by atoms with E-state index in [1.165, 1.54) is 32.9 Å². The number of hydrogen-bond donors (Lipinski definition) is 0. The molecule has 1 aromatic carbocycles. The van der Waals surface area contributed by atoms with Gasteiger partial charge in [-0.3, -0.25) is 14.4 Å². The molecule has 0 atom stereocenters. The van der Waals surface area contributed by atoms with Crippen molar-refractivity contribution in [2.75, 3.05) is 6.61 Å². The Morgan fingerprint density at radius 3 is 2.05 bits per heavy atom. The molecule has 0 amide bonds. The Hall–Kier alpha value is -2.17. The first-order chi connectivity index (χ1) is 9.28. The second-order valence-corrected chi connectivity index (χ2v) is 4.82. The van der Waals surface area contributed by atoms with Crippen molar-refractivity contribution in [1.82, 2.24) is 0 Å². The summed E-state index contributed by atoms with van der Waals surface area (Å²) in [7, 11) is 0. The second-order valence-electron chi connectivity index (χ2n) is 4.82. The van der Waals surface area contributed by atoms with Gasteiger partial charge in [-0.2, -0.15) is 0 Å². The maximum Gasteiger partial charge on any atom is 0.328 e. The van der Waals surface area contributed by atoms with Gasteiger partial charge in [-0.1, -0.05) is 0 Å². The molecule has 0 aliphatic carbocycles. The highest BCUT2D eigenvalue weighted by Gasteiger charge is 2.39. The van der Waals surface area contributed by atoms with Gasteiger partial charge in [0.1, 0.15) is 5.75 Å². The van der Waals surface area contributed by atoms with Crippen LogP contribution in [-0.4, -0.2) is 24.3 Å². The van der Waals surface area contributed by atoms with Gasteiger partial charge in [0.2, 0.25) is 0 Å². The molecule has 0 saturated carbocycles. The van der Waals surface area contributed by atoms with Gasteiger partial charge < -0.3 is 9.47 Å². The average molecular weight is 278 g/mol. The van der Waals surface area contributed by atoms with Gasteiger partial charge in [-0.25, -0.2) is 0 Å². The van der Waals surface area contributed by atoms with E-state index in [1.54, 1.807) is 19.1 Å². The minimum absolute atomic E-state index is 0.0743. The average Bonchev–Trinajstić information content (AvgIpc) is 2.39. The van der Waals surface area contributed by atoms with Crippen molar-refractivity contribution in [3.8, 4) is 5.75 Å². The molecule has 0 bridgehead atoms. The molecule has 0 aliphatic heterocycles. The van der Waals surface area contributed by atoms with Crippen LogP contribution in [0.2, 0.25) is 0 Å². The number of benzene rings is 1. The third-order valence-corrected chi connectivity index (χ3v) is 2.77. The molecule has 0 aromatic heterocycles. The molecule has 0 saturated heterocycles. The van der Waals surface area contributed by atoms with Crippen LogP contribution in [0.5, 0.6) is 5.75 Å². The van der Waals surface area contributed by atoms with E-state index in [0.717, 1.165) is 0 Å². The van der Waals surface area contributed by atoms with Crippen molar-refractivity contribution in [1.29, 1.82) is 0 Å². The number of rotatable bonds is 5. The number of hydrogen-bond acceptors (Lipinski definition) is 5. The first-order valence-electron chi connectivity index (χ1n) is 6.29. The zero-order valence-electron chi connectivity index (χ0n) is 12.1. The largest absolute Gasteiger partial charge is 0.465 e. The van der Waals surface area contributed by atoms with E-state index >= 15 is 0 Å². The summed E-state index contributed by atoms with van der Waals surface area (Å²) in [5.41, 5.74) is -0.857. The Morgan fingerprint density at radius 2 is 1.60 bits per heavy atom. The fourth-order valence-corrected chi connectivity index (χ4v) is 1.39. The minimum atomic E-state index is -1.38. The van der Waals surface area contributed by atoms with Crippen molar-refractivity contribution in [3.05, 3.63) is 29.8 Å². The monoisotopic (exact) mass is 278 g/mol. The lowest BCUT2D eigenvalue weighted by Gasteiger charge is -2.20. The lowest BCUT2D eigenvalue weighted by molar-refractivity contribution is -0.164. The highest BCUT2D eigenvalue weighted by Crippen LogP contribution is 2.22. The van der Waals surface area contributed by atoms with E-state index in [-0.39, 0.29) is 18.1 Å². The molecule has 5 nitrogen and oxygen atoms in total. The van der Waals surface area contributed by atoms with Gasteiger partial charge in [-0.15, -0.1) is 0 Å². The smallest absolute Gasteiger partial charge is 0.328 e. The van der Waals surface area contributed by atoms with Crippen molar-refractivity contribution < 1.29 is 23.9 Å². The Kier molecular flexibility index (Phi) is 5.02. The molecule has 1 rings (SSSR count). The molecule has 0 unspecified atom stereocenters. The summed E-state index contributed by atoms with van der Waals surface area (Å²) in [6, 6.07) is 6.14. The van der Waals surface area contributed by atoms with Gasteiger partial charge in [-0.05, 0) is 52.0 Å². The Balaban J connectivity index is 2.79. The van der Waals surface area contributed by atoms with Crippen LogP contribution in [0, 0.1) is 5.41 Å². The molecule has 0 spiro atoms. The standard InChI is InChI=1S/C15H18O5/c1-5-19-13(17)15(3,4)14(18)20-12-8-6-11(7-9-12)10(2)16/h6-9H,5H2,1-4H3. The highest BCUT2D eigenvalue weighted by molar-refractivity contribution is 6.00. The van der Waals surface area contributed by atoms with E-state index in [1.807, 2.05) is 0 Å². The van der Waals surface area contributed by atoms with Crippen molar-refractivity contribution in [2.45, 2.75) is 27.7 Å². The molecule has 20 heavy (non-hydrogen) atoms. The quantitative estimate of drug-likeness (QED) is 0.358. The van der Waals surface area contributed by atoms with Crippen LogP contribution < -0.4 is 4.74 Å². The van der Waals surface area contributed by atoms with Crippen molar-refractivity contribution in [3.63, 3.8) is 0 Å². The van der Waals surface area contributed by atoms with Crippen LogP contribution in [0.15, 0.2) is 24.3 Å². The molecule has 0 fully saturated rings. The van der Waals surface area contributed by atoms with E-state index in [2.05, 4.69) is 0 Å². The SMILES string of the molecule is CCOC(=O)C(C)(C)C(=O)Oc1ccc(C(C)=O)cc1. The molecule has 0 heterocycles. The predicted molar refractivity (Wildman–Crippen MR) is 72.5 cm³/mol. The summed E-state index contributed by atoms with van der Waals surface area (Å²) in [5, 5.41) is 0. The number of carbonyl (C=O) groups excluding carboxylic acids is 3. The van der Waals surface area contributed by atoms with Gasteiger partial charge in [0.05, 0.1) is 6.61 Å². The van der Waals surface area contributed by atoms with E-state index < -0.39 is 17.4 Å². The van der Waals surface area contributed by atoms with E-state index in [4.69, 9.17) is 9.47 Å². The zero-order chi connectivity index (χ0) is 15.3. The second kappa shape index (κ2) is 6.32. The van der Waals surface area contributed by atoms with E-state index in [9.17, 15) is 14.4 Å². The molecule has 5 heteroatoms. The normalized spacial score (nSPS) is 10.8. The van der Waals surface area contributed by atoms with Gasteiger partial charge in [0.15, 0.2) is 11.2 Å². The number of ether oxygens (including phenoxy) is 2. The zero-order valence-corrected chi connectivity index (χ0v) is 12.1. The number of Topliss-reactive ketones (excluding diaryl/α,β-unsaturated/α-hetero) is 1. The van der Waals surface area contributed by atoms with Crippen LogP contribution >= 0.6 is 0 Å². The number of carbonyl (C=O) groups is 3. The van der Waals surface area contributed by atoms with Crippen molar-refractivity contribution in [2.24, 2.45) is 5.41 Å². The van der Waals surface area contributed by atoms with Gasteiger partial charge >= 0.3 is 11.9 Å². The summed E-state index contributed by atoms with van der Waals surface area (Å²) in [6.45, 7) is 6.20. The minimum Gasteiger partial charge on any atom is -0.465 e. The molecule has 0 radical (unpaired) electrons. The highest BCUT2D eigenvalue weighted by atomic mass is 16.6. The van der Waals surface area contributed by atoms with Gasteiger partial charge in [0.25, 0.3) is 0 Å². The van der Waals surface area contributed by atoms with Crippen LogP contribution in [0.25, 0.3) is 0 Å². The summed E-state index contributed by atoms with van der Waals surface area (Å²) >= 11 is 0. The van der Waals surface area contributed by atoms with Crippen LogP contribution in [-0.2, 0) is 14.3 Å². The summed E-state index contributed by atoms with van der Waals surface area (Å²) < 4.78 is 9.96. The predicted octanol–water partition coefficient (Wildman–Crippen LogP) is 2.38. The van der Waals surface area contributed by atoms with E-state index in [0.29, 0.717) is 5.56 Å². The third-order valence-electron chi connectivity index (χ3n) is 2.77. The number of esters is 2. The first-order valence-corrected chi connectivity index (χ1v) is 6.29. The molecule has 0 aliphatic rings. The van der Waals surface area contributed by atoms with Crippen LogP contribution in [0.4, 0.5) is 0 Å². The summed E-state index contributed by atoms with van der Waals surface area (Å²) in [6.07, 6.45) is 0. The van der Waals surface area contributed by atoms with Crippen molar-refractivity contribution >= 4 is 17.7 Å². The maximum atomic E-state index is 12.0. The fraction of sp³-hybridized carbons (Fsp3) is 0.400. The van der Waals surface area contributed by atoms with Gasteiger partial charge in [0, 0.05) is 5.56 Å². The Labute approximate surface area is 117 Å². The fourth-order valence-electron chi connectivity index (χ4n) is 1.39. The Bertz CT molecular complexity index is 514. The molecule has 108 valence electrons. The summed E-state index contributed by atoms with van der Waals surface area (Å²) in [4.78, 5) is 34.8. The molecular weight excluding hydrogens is 260 g/mol. The third kappa shape index (κ3) is 3.66. The molecule has 1 aromatic rings. The maximum absolute atomic E-state index is 12.0. The molecule has 0 N–H and O–H groups in total. The molecular formula is C15H18O5. The number of ketones is 1. The summed E-state index contributed by atoms with van der Waals surface area (Å²) in [5.74, 6) is -1.14.